The Hall–Kier alpha value is -1.06. The highest BCUT2D eigenvalue weighted by Gasteiger charge is 2.10. The van der Waals surface area contributed by atoms with Crippen LogP contribution in [0.2, 0.25) is 0 Å². The highest BCUT2D eigenvalue weighted by Crippen LogP contribution is 2.05. The van der Waals surface area contributed by atoms with Crippen molar-refractivity contribution >= 4 is 11.9 Å². The molecule has 0 radical (unpaired) electrons. The van der Waals surface area contributed by atoms with Gasteiger partial charge in [-0.15, -0.1) is 0 Å². The van der Waals surface area contributed by atoms with Gasteiger partial charge in [-0.3, -0.25) is 9.59 Å². The molecule has 0 aromatic rings. The molecular formula is C8H16O4. The van der Waals surface area contributed by atoms with Gasteiger partial charge < -0.3 is 10.2 Å². The molecule has 0 fully saturated rings. The average Bonchev–Trinajstić information content (AvgIpc) is 1.87. The first kappa shape index (κ1) is 13.5. The topological polar surface area (TPSA) is 74.6 Å². The predicted molar refractivity (Wildman–Crippen MR) is 45.0 cm³/mol. The first-order valence-corrected chi connectivity index (χ1v) is 3.87. The second-order valence-electron chi connectivity index (χ2n) is 2.37. The van der Waals surface area contributed by atoms with Crippen molar-refractivity contribution < 1.29 is 19.8 Å². The van der Waals surface area contributed by atoms with Gasteiger partial charge in [-0.1, -0.05) is 13.8 Å². The molecule has 0 spiro atoms. The molecule has 0 aliphatic rings. The van der Waals surface area contributed by atoms with Crippen LogP contribution in [0.1, 0.15) is 33.6 Å². The SMILES string of the molecule is CC(=O)O.CCC(CC)C(=O)O. The zero-order chi connectivity index (χ0) is 10.1. The van der Waals surface area contributed by atoms with E-state index in [-0.39, 0.29) is 5.92 Å². The maximum absolute atomic E-state index is 10.2. The number of carboxylic acid groups (broad SMARTS) is 2. The minimum Gasteiger partial charge on any atom is -0.481 e. The third-order valence-corrected chi connectivity index (χ3v) is 1.33. The maximum Gasteiger partial charge on any atom is 0.306 e. The number of carboxylic acids is 2. The number of hydrogen-bond acceptors (Lipinski definition) is 2. The lowest BCUT2D eigenvalue weighted by atomic mass is 10.1. The fourth-order valence-corrected chi connectivity index (χ4v) is 0.638. The lowest BCUT2D eigenvalue weighted by molar-refractivity contribution is -0.142. The van der Waals surface area contributed by atoms with Crippen LogP contribution in [0.4, 0.5) is 0 Å². The van der Waals surface area contributed by atoms with E-state index in [0.717, 1.165) is 19.8 Å². The maximum atomic E-state index is 10.2. The lowest BCUT2D eigenvalue weighted by Gasteiger charge is -2.02. The molecule has 0 bridgehead atoms. The zero-order valence-corrected chi connectivity index (χ0v) is 7.70. The summed E-state index contributed by atoms with van der Waals surface area (Å²) in [5.41, 5.74) is 0. The Morgan fingerprint density at radius 3 is 1.42 bits per heavy atom. The van der Waals surface area contributed by atoms with E-state index in [4.69, 9.17) is 15.0 Å². The van der Waals surface area contributed by atoms with Crippen molar-refractivity contribution in [1.29, 1.82) is 0 Å². The van der Waals surface area contributed by atoms with Crippen LogP contribution in [0.3, 0.4) is 0 Å². The number of rotatable bonds is 3. The van der Waals surface area contributed by atoms with Gasteiger partial charge in [0, 0.05) is 6.92 Å². The van der Waals surface area contributed by atoms with Gasteiger partial charge in [0.25, 0.3) is 5.97 Å². The van der Waals surface area contributed by atoms with Crippen molar-refractivity contribution in [3.8, 4) is 0 Å². The van der Waals surface area contributed by atoms with Crippen molar-refractivity contribution in [3.05, 3.63) is 0 Å². The van der Waals surface area contributed by atoms with Crippen LogP contribution in [0.5, 0.6) is 0 Å². The van der Waals surface area contributed by atoms with Gasteiger partial charge in [0.05, 0.1) is 5.92 Å². The lowest BCUT2D eigenvalue weighted by Crippen LogP contribution is -2.10. The molecule has 0 unspecified atom stereocenters. The minimum absolute atomic E-state index is 0.130. The van der Waals surface area contributed by atoms with Crippen molar-refractivity contribution in [3.63, 3.8) is 0 Å². The van der Waals surface area contributed by atoms with Crippen molar-refractivity contribution in [2.24, 2.45) is 5.92 Å². The molecule has 2 N–H and O–H groups in total. The van der Waals surface area contributed by atoms with Gasteiger partial charge in [-0.25, -0.2) is 0 Å². The molecule has 0 saturated heterocycles. The number of aliphatic carboxylic acids is 2. The van der Waals surface area contributed by atoms with Crippen LogP contribution in [0, 0.1) is 5.92 Å². The summed E-state index contributed by atoms with van der Waals surface area (Å²) >= 11 is 0. The highest BCUT2D eigenvalue weighted by molar-refractivity contribution is 5.69. The van der Waals surface area contributed by atoms with Crippen LogP contribution >= 0.6 is 0 Å². The van der Waals surface area contributed by atoms with Crippen molar-refractivity contribution in [2.45, 2.75) is 33.6 Å². The molecule has 0 heterocycles. The summed E-state index contributed by atoms with van der Waals surface area (Å²) in [5.74, 6) is -1.63. The van der Waals surface area contributed by atoms with E-state index in [9.17, 15) is 4.79 Å². The molecule has 0 aliphatic heterocycles. The molecule has 0 rings (SSSR count). The van der Waals surface area contributed by atoms with E-state index >= 15 is 0 Å². The summed E-state index contributed by atoms with van der Waals surface area (Å²) in [6.45, 7) is 4.87. The van der Waals surface area contributed by atoms with Crippen LogP contribution in [0.25, 0.3) is 0 Å². The molecule has 0 aromatic carbocycles. The van der Waals surface area contributed by atoms with Gasteiger partial charge in [-0.2, -0.15) is 0 Å². The van der Waals surface area contributed by atoms with Gasteiger partial charge in [0.15, 0.2) is 0 Å². The van der Waals surface area contributed by atoms with Crippen molar-refractivity contribution in [1.82, 2.24) is 0 Å². The fourth-order valence-electron chi connectivity index (χ4n) is 0.638. The molecule has 0 aromatic heterocycles. The van der Waals surface area contributed by atoms with E-state index in [1.165, 1.54) is 0 Å². The van der Waals surface area contributed by atoms with E-state index in [1.807, 2.05) is 13.8 Å². The summed E-state index contributed by atoms with van der Waals surface area (Å²) in [4.78, 5) is 19.2. The molecular weight excluding hydrogens is 160 g/mol. The van der Waals surface area contributed by atoms with Gasteiger partial charge >= 0.3 is 5.97 Å². The minimum atomic E-state index is -0.833. The Bertz CT molecular complexity index is 134. The molecule has 0 atom stereocenters. The highest BCUT2D eigenvalue weighted by atomic mass is 16.4. The summed E-state index contributed by atoms with van der Waals surface area (Å²) in [7, 11) is 0. The molecule has 72 valence electrons. The Kier molecular flexibility index (Phi) is 9.06. The Labute approximate surface area is 72.2 Å². The molecule has 12 heavy (non-hydrogen) atoms. The molecule has 4 heteroatoms. The Morgan fingerprint density at radius 1 is 1.17 bits per heavy atom. The summed E-state index contributed by atoms with van der Waals surface area (Å²) in [6, 6.07) is 0. The van der Waals surface area contributed by atoms with Crippen LogP contribution in [-0.4, -0.2) is 22.2 Å². The van der Waals surface area contributed by atoms with E-state index in [1.54, 1.807) is 0 Å². The Balaban J connectivity index is 0. The quantitative estimate of drug-likeness (QED) is 0.684. The Morgan fingerprint density at radius 2 is 1.42 bits per heavy atom. The van der Waals surface area contributed by atoms with E-state index in [2.05, 4.69) is 0 Å². The monoisotopic (exact) mass is 176 g/mol. The fraction of sp³-hybridized carbons (Fsp3) is 0.750. The standard InChI is InChI=1S/C6H12O2.C2H4O2/c1-3-5(4-2)6(7)8;1-2(3)4/h5H,3-4H2,1-2H3,(H,7,8);1H3,(H,3,4). The largest absolute Gasteiger partial charge is 0.481 e. The third kappa shape index (κ3) is 11.7. The summed E-state index contributed by atoms with van der Waals surface area (Å²) in [5, 5.41) is 15.8. The molecule has 0 amide bonds. The summed E-state index contributed by atoms with van der Waals surface area (Å²) < 4.78 is 0. The van der Waals surface area contributed by atoms with Crippen LogP contribution in [0.15, 0.2) is 0 Å². The van der Waals surface area contributed by atoms with Gasteiger partial charge in [-0.05, 0) is 12.8 Å². The van der Waals surface area contributed by atoms with E-state index < -0.39 is 11.9 Å². The van der Waals surface area contributed by atoms with Gasteiger partial charge in [0.1, 0.15) is 0 Å². The van der Waals surface area contributed by atoms with Crippen LogP contribution in [-0.2, 0) is 9.59 Å². The molecule has 0 aliphatic carbocycles. The van der Waals surface area contributed by atoms with E-state index in [0.29, 0.717) is 0 Å². The normalized spacial score (nSPS) is 8.67. The van der Waals surface area contributed by atoms with Gasteiger partial charge in [0.2, 0.25) is 0 Å². The second-order valence-corrected chi connectivity index (χ2v) is 2.37. The number of hydrogen-bond donors (Lipinski definition) is 2. The second kappa shape index (κ2) is 8.04. The van der Waals surface area contributed by atoms with Crippen LogP contribution < -0.4 is 0 Å². The predicted octanol–water partition coefficient (Wildman–Crippen LogP) is 1.60. The smallest absolute Gasteiger partial charge is 0.306 e. The number of carbonyl (C=O) groups is 2. The first-order valence-electron chi connectivity index (χ1n) is 3.87. The first-order chi connectivity index (χ1) is 5.45. The zero-order valence-electron chi connectivity index (χ0n) is 7.70. The summed E-state index contributed by atoms with van der Waals surface area (Å²) in [6.07, 6.45) is 1.48. The third-order valence-electron chi connectivity index (χ3n) is 1.33. The van der Waals surface area contributed by atoms with Crippen molar-refractivity contribution in [2.75, 3.05) is 0 Å². The average molecular weight is 176 g/mol. The molecule has 4 nitrogen and oxygen atoms in total. The molecule has 0 saturated carbocycles.